The third-order valence-electron chi connectivity index (χ3n) is 5.45. The molecule has 0 fully saturated rings. The molecular formula is C25H28N2O4S. The number of hydrogen-bond acceptors (Lipinski definition) is 4. The van der Waals surface area contributed by atoms with E-state index in [0.717, 1.165) is 12.0 Å². The number of benzene rings is 3. The first-order valence-corrected chi connectivity index (χ1v) is 11.8. The maximum absolute atomic E-state index is 12.9. The molecule has 168 valence electrons. The van der Waals surface area contributed by atoms with E-state index in [1.807, 2.05) is 19.1 Å². The van der Waals surface area contributed by atoms with E-state index in [4.69, 9.17) is 4.74 Å². The maximum atomic E-state index is 12.9. The van der Waals surface area contributed by atoms with Crippen LogP contribution in [-0.4, -0.2) is 28.5 Å². The average molecular weight is 453 g/mol. The van der Waals surface area contributed by atoms with Gasteiger partial charge in [-0.05, 0) is 73.0 Å². The van der Waals surface area contributed by atoms with Crippen molar-refractivity contribution in [3.63, 3.8) is 0 Å². The highest BCUT2D eigenvalue weighted by molar-refractivity contribution is 7.92. The van der Waals surface area contributed by atoms with Crippen molar-refractivity contribution in [2.24, 2.45) is 0 Å². The first kappa shape index (κ1) is 23.3. The van der Waals surface area contributed by atoms with Gasteiger partial charge in [0, 0.05) is 12.6 Å². The number of methoxy groups -OCH3 is 1. The predicted octanol–water partition coefficient (Wildman–Crippen LogP) is 4.57. The van der Waals surface area contributed by atoms with E-state index >= 15 is 0 Å². The van der Waals surface area contributed by atoms with Gasteiger partial charge >= 0.3 is 0 Å². The standard InChI is InChI=1S/C25H28N2O4S/c1-5-19-6-8-20(9-7-19)18(2)26-25(28)21-10-12-22(13-11-21)27(3)32(29,30)24-16-14-23(31-4)15-17-24/h6-18H,5H2,1-4H3,(H,26,28). The molecule has 6 nitrogen and oxygen atoms in total. The fraction of sp³-hybridized carbons (Fsp3) is 0.240. The molecule has 0 aromatic heterocycles. The largest absolute Gasteiger partial charge is 0.497 e. The van der Waals surface area contributed by atoms with Gasteiger partial charge in [0.1, 0.15) is 5.75 Å². The SMILES string of the molecule is CCc1ccc(C(C)NC(=O)c2ccc(N(C)S(=O)(=O)c3ccc(OC)cc3)cc2)cc1. The van der Waals surface area contributed by atoms with Gasteiger partial charge in [0.05, 0.1) is 23.7 Å². The summed E-state index contributed by atoms with van der Waals surface area (Å²) in [5.74, 6) is 0.363. The molecule has 3 aromatic carbocycles. The number of hydrogen-bond donors (Lipinski definition) is 1. The fourth-order valence-corrected chi connectivity index (χ4v) is 4.47. The smallest absolute Gasteiger partial charge is 0.264 e. The van der Waals surface area contributed by atoms with E-state index in [0.29, 0.717) is 17.0 Å². The van der Waals surface area contributed by atoms with Crippen molar-refractivity contribution in [1.82, 2.24) is 5.32 Å². The number of rotatable bonds is 8. The van der Waals surface area contributed by atoms with Crippen LogP contribution in [0, 0.1) is 0 Å². The number of nitrogens with zero attached hydrogens (tertiary/aromatic N) is 1. The minimum Gasteiger partial charge on any atom is -0.497 e. The first-order valence-electron chi connectivity index (χ1n) is 10.4. The molecule has 1 amide bonds. The number of carbonyl (C=O) groups is 1. The van der Waals surface area contributed by atoms with Crippen LogP contribution in [0.5, 0.6) is 5.75 Å². The molecule has 0 aliphatic carbocycles. The van der Waals surface area contributed by atoms with Crippen LogP contribution in [0.3, 0.4) is 0 Å². The molecule has 0 bridgehead atoms. The molecule has 0 saturated carbocycles. The van der Waals surface area contributed by atoms with E-state index in [1.54, 1.807) is 36.4 Å². The molecular weight excluding hydrogens is 424 g/mol. The van der Waals surface area contributed by atoms with Crippen LogP contribution in [0.2, 0.25) is 0 Å². The van der Waals surface area contributed by atoms with Crippen molar-refractivity contribution in [2.75, 3.05) is 18.5 Å². The second-order valence-electron chi connectivity index (χ2n) is 7.49. The predicted molar refractivity (Wildman–Crippen MR) is 127 cm³/mol. The molecule has 3 rings (SSSR count). The zero-order valence-electron chi connectivity index (χ0n) is 18.7. The number of nitrogens with one attached hydrogen (secondary N) is 1. The quantitative estimate of drug-likeness (QED) is 0.543. The van der Waals surface area contributed by atoms with E-state index in [9.17, 15) is 13.2 Å². The van der Waals surface area contributed by atoms with Gasteiger partial charge in [-0.2, -0.15) is 0 Å². The summed E-state index contributed by atoms with van der Waals surface area (Å²) in [6.07, 6.45) is 0.968. The number of ether oxygens (including phenoxy) is 1. The molecule has 0 saturated heterocycles. The maximum Gasteiger partial charge on any atom is 0.264 e. The number of amides is 1. The lowest BCUT2D eigenvalue weighted by Gasteiger charge is -2.20. The summed E-state index contributed by atoms with van der Waals surface area (Å²) in [6.45, 7) is 4.03. The summed E-state index contributed by atoms with van der Waals surface area (Å²) in [5, 5.41) is 2.98. The normalized spacial score (nSPS) is 12.1. The van der Waals surface area contributed by atoms with Crippen molar-refractivity contribution in [2.45, 2.75) is 31.2 Å². The highest BCUT2D eigenvalue weighted by Crippen LogP contribution is 2.24. The van der Waals surface area contributed by atoms with Crippen LogP contribution in [-0.2, 0) is 16.4 Å². The van der Waals surface area contributed by atoms with Crippen molar-refractivity contribution >= 4 is 21.6 Å². The van der Waals surface area contributed by atoms with Crippen LogP contribution in [0.1, 0.15) is 41.4 Å². The molecule has 3 aromatic rings. The Morgan fingerprint density at radius 2 is 1.56 bits per heavy atom. The molecule has 32 heavy (non-hydrogen) atoms. The summed E-state index contributed by atoms with van der Waals surface area (Å²) in [5.41, 5.74) is 3.19. The summed E-state index contributed by atoms with van der Waals surface area (Å²) in [4.78, 5) is 12.8. The second-order valence-corrected chi connectivity index (χ2v) is 9.45. The Labute approximate surface area is 189 Å². The number of sulfonamides is 1. The van der Waals surface area contributed by atoms with Crippen LogP contribution in [0.15, 0.2) is 77.7 Å². The third-order valence-corrected chi connectivity index (χ3v) is 7.25. The summed E-state index contributed by atoms with van der Waals surface area (Å²) in [6, 6.07) is 20.7. The van der Waals surface area contributed by atoms with Crippen LogP contribution >= 0.6 is 0 Å². The number of carbonyl (C=O) groups excluding carboxylic acids is 1. The van der Waals surface area contributed by atoms with Crippen LogP contribution in [0.25, 0.3) is 0 Å². The summed E-state index contributed by atoms with van der Waals surface area (Å²) < 4.78 is 32.1. The van der Waals surface area contributed by atoms with Gasteiger partial charge in [0.15, 0.2) is 0 Å². The van der Waals surface area contributed by atoms with Gasteiger partial charge in [0.2, 0.25) is 0 Å². The summed E-state index contributed by atoms with van der Waals surface area (Å²) >= 11 is 0. The molecule has 0 spiro atoms. The highest BCUT2D eigenvalue weighted by atomic mass is 32.2. The molecule has 0 radical (unpaired) electrons. The van der Waals surface area contributed by atoms with Crippen molar-refractivity contribution in [3.05, 3.63) is 89.5 Å². The van der Waals surface area contributed by atoms with Crippen LogP contribution < -0.4 is 14.4 Å². The van der Waals surface area contributed by atoms with Gasteiger partial charge in [-0.25, -0.2) is 8.42 Å². The van der Waals surface area contributed by atoms with E-state index in [1.165, 1.54) is 36.2 Å². The van der Waals surface area contributed by atoms with Gasteiger partial charge < -0.3 is 10.1 Å². The molecule has 0 heterocycles. The number of aryl methyl sites for hydroxylation is 1. The number of anilines is 1. The average Bonchev–Trinajstić information content (AvgIpc) is 2.83. The lowest BCUT2D eigenvalue weighted by molar-refractivity contribution is 0.0940. The van der Waals surface area contributed by atoms with E-state index in [-0.39, 0.29) is 16.8 Å². The summed E-state index contributed by atoms with van der Waals surface area (Å²) in [7, 11) is -0.727. The molecule has 1 N–H and O–H groups in total. The van der Waals surface area contributed by atoms with Gasteiger partial charge in [-0.1, -0.05) is 31.2 Å². The van der Waals surface area contributed by atoms with E-state index < -0.39 is 10.0 Å². The fourth-order valence-electron chi connectivity index (χ4n) is 3.27. The van der Waals surface area contributed by atoms with Crippen molar-refractivity contribution < 1.29 is 17.9 Å². The second kappa shape index (κ2) is 9.87. The Kier molecular flexibility index (Phi) is 7.20. The Bertz CT molecular complexity index is 1160. The Balaban J connectivity index is 1.70. The van der Waals surface area contributed by atoms with Gasteiger partial charge in [-0.15, -0.1) is 0 Å². The zero-order valence-corrected chi connectivity index (χ0v) is 19.5. The molecule has 0 aliphatic heterocycles. The first-order chi connectivity index (χ1) is 15.3. The lowest BCUT2D eigenvalue weighted by Crippen LogP contribution is -2.28. The van der Waals surface area contributed by atoms with Crippen molar-refractivity contribution in [1.29, 1.82) is 0 Å². The minimum atomic E-state index is -3.73. The Hall–Kier alpha value is -3.32. The Morgan fingerprint density at radius 1 is 0.969 bits per heavy atom. The van der Waals surface area contributed by atoms with E-state index in [2.05, 4.69) is 24.4 Å². The van der Waals surface area contributed by atoms with Crippen LogP contribution in [0.4, 0.5) is 5.69 Å². The zero-order chi connectivity index (χ0) is 23.3. The minimum absolute atomic E-state index is 0.147. The molecule has 7 heteroatoms. The van der Waals surface area contributed by atoms with Crippen molar-refractivity contribution in [3.8, 4) is 5.75 Å². The molecule has 1 atom stereocenters. The molecule has 1 unspecified atom stereocenters. The monoisotopic (exact) mass is 452 g/mol. The Morgan fingerprint density at radius 3 is 2.09 bits per heavy atom. The van der Waals surface area contributed by atoms with Gasteiger partial charge in [-0.3, -0.25) is 9.10 Å². The third kappa shape index (κ3) is 5.11. The lowest BCUT2D eigenvalue weighted by atomic mass is 10.0. The topological polar surface area (TPSA) is 75.7 Å². The van der Waals surface area contributed by atoms with Gasteiger partial charge in [0.25, 0.3) is 15.9 Å². The highest BCUT2D eigenvalue weighted by Gasteiger charge is 2.21. The molecule has 0 aliphatic rings.